The van der Waals surface area contributed by atoms with Crippen molar-refractivity contribution in [1.29, 1.82) is 0 Å². The highest BCUT2D eigenvalue weighted by molar-refractivity contribution is 7.89. The van der Waals surface area contributed by atoms with E-state index < -0.39 is 16.1 Å². The van der Waals surface area contributed by atoms with Crippen molar-refractivity contribution in [2.75, 3.05) is 26.2 Å². The van der Waals surface area contributed by atoms with Gasteiger partial charge in [0, 0.05) is 32.2 Å². The molecule has 3 rings (SSSR count). The van der Waals surface area contributed by atoms with Gasteiger partial charge in [0.25, 0.3) is 10.0 Å². The predicted molar refractivity (Wildman–Crippen MR) is 123 cm³/mol. The molecule has 1 fully saturated rings. The van der Waals surface area contributed by atoms with Crippen LogP contribution < -0.4 is 9.88 Å². The predicted octanol–water partition coefficient (Wildman–Crippen LogP) is 2.32. The molecule has 1 amide bonds. The number of rotatable bonds is 7. The summed E-state index contributed by atoms with van der Waals surface area (Å²) in [6.45, 7) is 11.0. The summed E-state index contributed by atoms with van der Waals surface area (Å²) in [5.74, 6) is -0.0961. The minimum absolute atomic E-state index is 0.0161. The third-order valence-electron chi connectivity index (χ3n) is 5.71. The van der Waals surface area contributed by atoms with Crippen LogP contribution in [0.1, 0.15) is 29.7 Å². The van der Waals surface area contributed by atoms with Crippen molar-refractivity contribution in [2.45, 2.75) is 37.9 Å². The third kappa shape index (κ3) is 5.95. The lowest BCUT2D eigenvalue weighted by molar-refractivity contribution is -0.130. The minimum Gasteiger partial charge on any atom is -0.483 e. The molecule has 33 heavy (non-hydrogen) atoms. The lowest BCUT2D eigenvalue weighted by Crippen LogP contribution is -2.54. The van der Waals surface area contributed by atoms with E-state index >= 15 is 0 Å². The van der Waals surface area contributed by atoms with Crippen molar-refractivity contribution >= 4 is 15.9 Å². The van der Waals surface area contributed by atoms with Gasteiger partial charge in [0.05, 0.1) is 6.20 Å². The van der Waals surface area contributed by atoms with Crippen LogP contribution >= 0.6 is 0 Å². The number of aryl methyl sites for hydroxylation is 2. The molecule has 0 spiro atoms. The number of primary sulfonamides is 1. The van der Waals surface area contributed by atoms with E-state index in [2.05, 4.69) is 16.5 Å². The molecule has 0 unspecified atom stereocenters. The minimum atomic E-state index is -3.95. The van der Waals surface area contributed by atoms with Crippen molar-refractivity contribution in [1.82, 2.24) is 14.8 Å². The highest BCUT2D eigenvalue weighted by atomic mass is 32.2. The van der Waals surface area contributed by atoms with Gasteiger partial charge in [0.2, 0.25) is 5.91 Å². The van der Waals surface area contributed by atoms with Gasteiger partial charge in [-0.1, -0.05) is 18.7 Å². The first-order valence-electron chi connectivity index (χ1n) is 10.6. The van der Waals surface area contributed by atoms with Gasteiger partial charge in [-0.2, -0.15) is 0 Å². The number of ether oxygens (including phenoxy) is 1. The molecule has 178 valence electrons. The first kappa shape index (κ1) is 24.8. The number of nitrogens with zero attached hydrogens (tertiary/aromatic N) is 3. The number of halogens is 1. The number of hydrogen-bond donors (Lipinski definition) is 1. The summed E-state index contributed by atoms with van der Waals surface area (Å²) in [5.41, 5.74) is 1.52. The fourth-order valence-corrected chi connectivity index (χ4v) is 4.67. The fraction of sp³-hybridized carbons (Fsp3) is 0.391. The van der Waals surface area contributed by atoms with Crippen LogP contribution in [0.15, 0.2) is 48.1 Å². The zero-order chi connectivity index (χ0) is 24.3. The van der Waals surface area contributed by atoms with E-state index in [4.69, 9.17) is 9.88 Å². The van der Waals surface area contributed by atoms with Crippen LogP contribution in [-0.4, -0.2) is 61.3 Å². The Hall–Kier alpha value is -2.82. The van der Waals surface area contributed by atoms with E-state index in [0.29, 0.717) is 48.6 Å². The van der Waals surface area contributed by atoms with E-state index in [9.17, 15) is 17.6 Å². The Bertz CT molecular complexity index is 1160. The maximum Gasteiger partial charge on any atom is 0.255 e. The standard InChI is InChI=1S/C23H29FN4O4S/c1-5-22(29)28-9-8-27(13-17(28)4)14-21(18-7-6-15(2)20(24)11-18)32-19-10-16(3)23(26-12-19)33(25,30)31/h5-7,10-12,17,21H,1,8-9,13-14H2,2-4H3,(H2,25,30,31)/t17-,21+/m1/s1. The average molecular weight is 477 g/mol. The second-order valence-electron chi connectivity index (χ2n) is 8.30. The molecule has 2 N–H and O–H groups in total. The normalized spacial score (nSPS) is 18.1. The van der Waals surface area contributed by atoms with E-state index in [1.54, 1.807) is 30.9 Å². The van der Waals surface area contributed by atoms with Crippen molar-refractivity contribution in [3.63, 3.8) is 0 Å². The maximum absolute atomic E-state index is 14.3. The molecule has 1 aromatic heterocycles. The average Bonchev–Trinajstić information content (AvgIpc) is 2.74. The molecule has 1 aliphatic heterocycles. The van der Waals surface area contributed by atoms with Crippen LogP contribution in [0.4, 0.5) is 4.39 Å². The number of nitrogens with two attached hydrogens (primary N) is 1. The summed E-state index contributed by atoms with van der Waals surface area (Å²) < 4.78 is 43.8. The van der Waals surface area contributed by atoms with Crippen LogP contribution in [0, 0.1) is 19.7 Å². The summed E-state index contributed by atoms with van der Waals surface area (Å²) in [7, 11) is -3.95. The monoisotopic (exact) mass is 476 g/mol. The maximum atomic E-state index is 14.3. The smallest absolute Gasteiger partial charge is 0.255 e. The molecule has 0 aliphatic carbocycles. The number of carbonyl (C=O) groups excluding carboxylic acids is 1. The highest BCUT2D eigenvalue weighted by Crippen LogP contribution is 2.27. The first-order chi connectivity index (χ1) is 15.5. The van der Waals surface area contributed by atoms with E-state index in [1.807, 2.05) is 13.0 Å². The highest BCUT2D eigenvalue weighted by Gasteiger charge is 2.29. The van der Waals surface area contributed by atoms with Gasteiger partial charge in [0.15, 0.2) is 5.03 Å². The Morgan fingerprint density at radius 1 is 1.33 bits per heavy atom. The largest absolute Gasteiger partial charge is 0.483 e. The summed E-state index contributed by atoms with van der Waals surface area (Å²) in [4.78, 5) is 19.9. The van der Waals surface area contributed by atoms with Crippen LogP contribution in [-0.2, 0) is 14.8 Å². The summed E-state index contributed by atoms with van der Waals surface area (Å²) >= 11 is 0. The molecule has 2 atom stereocenters. The summed E-state index contributed by atoms with van der Waals surface area (Å²) in [6.07, 6.45) is 2.07. The van der Waals surface area contributed by atoms with Crippen LogP contribution in [0.5, 0.6) is 5.75 Å². The molecular weight excluding hydrogens is 447 g/mol. The number of aromatic nitrogens is 1. The second kappa shape index (κ2) is 9.98. The molecule has 2 aromatic rings. The number of benzene rings is 1. The van der Waals surface area contributed by atoms with Crippen LogP contribution in [0.3, 0.4) is 0 Å². The molecule has 10 heteroatoms. The van der Waals surface area contributed by atoms with Gasteiger partial charge in [-0.15, -0.1) is 0 Å². The Morgan fingerprint density at radius 3 is 2.64 bits per heavy atom. The van der Waals surface area contributed by atoms with E-state index in [1.165, 1.54) is 18.3 Å². The SMILES string of the molecule is C=CC(=O)N1CCN(C[C@H](Oc2cnc(S(N)(=O)=O)c(C)c2)c2ccc(C)c(F)c2)C[C@H]1C. The number of pyridine rings is 1. The first-order valence-corrected chi connectivity index (χ1v) is 12.1. The van der Waals surface area contributed by atoms with E-state index in [-0.39, 0.29) is 22.8 Å². The van der Waals surface area contributed by atoms with Gasteiger partial charge in [-0.25, -0.2) is 22.9 Å². The molecule has 0 bridgehead atoms. The Balaban J connectivity index is 1.85. The van der Waals surface area contributed by atoms with Crippen LogP contribution in [0.2, 0.25) is 0 Å². The Morgan fingerprint density at radius 2 is 2.06 bits per heavy atom. The van der Waals surface area contributed by atoms with Crippen molar-refractivity contribution < 1.29 is 22.3 Å². The number of carbonyl (C=O) groups is 1. The van der Waals surface area contributed by atoms with Gasteiger partial charge in [-0.3, -0.25) is 9.69 Å². The van der Waals surface area contributed by atoms with Gasteiger partial charge in [-0.05, 0) is 55.7 Å². The van der Waals surface area contributed by atoms with Gasteiger partial charge in [0.1, 0.15) is 17.7 Å². The lowest BCUT2D eigenvalue weighted by Gasteiger charge is -2.40. The molecule has 1 aliphatic rings. The lowest BCUT2D eigenvalue weighted by atomic mass is 10.0. The molecule has 2 heterocycles. The van der Waals surface area contributed by atoms with E-state index in [0.717, 1.165) is 0 Å². The zero-order valence-electron chi connectivity index (χ0n) is 19.0. The zero-order valence-corrected chi connectivity index (χ0v) is 19.8. The third-order valence-corrected chi connectivity index (χ3v) is 6.68. The number of amides is 1. The molecule has 0 saturated carbocycles. The summed E-state index contributed by atoms with van der Waals surface area (Å²) in [5, 5.41) is 4.98. The van der Waals surface area contributed by atoms with Crippen LogP contribution in [0.25, 0.3) is 0 Å². The Labute approximate surface area is 193 Å². The van der Waals surface area contributed by atoms with Crippen molar-refractivity contribution in [3.05, 3.63) is 65.6 Å². The Kier molecular flexibility index (Phi) is 7.51. The quantitative estimate of drug-likeness (QED) is 0.615. The molecular formula is C23H29FN4O4S. The van der Waals surface area contributed by atoms with Gasteiger partial charge < -0.3 is 9.64 Å². The topological polar surface area (TPSA) is 106 Å². The molecule has 1 aromatic carbocycles. The second-order valence-corrected chi connectivity index (χ2v) is 9.77. The van der Waals surface area contributed by atoms with Crippen molar-refractivity contribution in [2.24, 2.45) is 5.14 Å². The fourth-order valence-electron chi connectivity index (χ4n) is 3.96. The summed E-state index contributed by atoms with van der Waals surface area (Å²) in [6, 6.07) is 6.48. The molecule has 0 radical (unpaired) electrons. The van der Waals surface area contributed by atoms with Gasteiger partial charge >= 0.3 is 0 Å². The van der Waals surface area contributed by atoms with Crippen molar-refractivity contribution in [3.8, 4) is 5.75 Å². The molecule has 1 saturated heterocycles. The number of hydrogen-bond acceptors (Lipinski definition) is 6. The molecule has 8 nitrogen and oxygen atoms in total. The number of sulfonamides is 1. The number of piperazine rings is 1.